The summed E-state index contributed by atoms with van der Waals surface area (Å²) in [6.45, 7) is 0. The molecule has 3 aromatic carbocycles. The van der Waals surface area contributed by atoms with Crippen LogP contribution >= 0.6 is 31.9 Å². The normalized spacial score (nSPS) is 13.1. The van der Waals surface area contributed by atoms with E-state index in [0.29, 0.717) is 5.56 Å². The van der Waals surface area contributed by atoms with Gasteiger partial charge in [0.15, 0.2) is 0 Å². The highest BCUT2D eigenvalue weighted by atomic mass is 79.9. The van der Waals surface area contributed by atoms with Gasteiger partial charge in [-0.25, -0.2) is 0 Å². The zero-order valence-corrected chi connectivity index (χ0v) is 17.7. The largest absolute Gasteiger partial charge is 0.192 e. The van der Waals surface area contributed by atoms with E-state index in [0.717, 1.165) is 25.7 Å². The number of rotatable bonds is 5. The summed E-state index contributed by atoms with van der Waals surface area (Å²) in [6.07, 6.45) is 4.36. The summed E-state index contributed by atoms with van der Waals surface area (Å²) < 4.78 is 2.06. The molecule has 0 amide bonds. The van der Waals surface area contributed by atoms with Gasteiger partial charge in [0.05, 0.1) is 11.6 Å². The van der Waals surface area contributed by atoms with E-state index in [-0.39, 0.29) is 5.92 Å². The maximum Gasteiger partial charge on any atom is 0.0991 e. The summed E-state index contributed by atoms with van der Waals surface area (Å²) in [6, 6.07) is 30.3. The third-order valence-corrected chi connectivity index (χ3v) is 5.62. The van der Waals surface area contributed by atoms with E-state index in [1.54, 1.807) is 0 Å². The van der Waals surface area contributed by atoms with Gasteiger partial charge in [-0.1, -0.05) is 117 Å². The first-order chi connectivity index (χ1) is 13.2. The Morgan fingerprint density at radius 1 is 0.704 bits per heavy atom. The van der Waals surface area contributed by atoms with E-state index >= 15 is 0 Å². The van der Waals surface area contributed by atoms with Crippen molar-refractivity contribution in [3.05, 3.63) is 119 Å². The van der Waals surface area contributed by atoms with Gasteiger partial charge in [0.25, 0.3) is 0 Å². The molecule has 0 aliphatic heterocycles. The summed E-state index contributed by atoms with van der Waals surface area (Å²) in [7, 11) is 0. The first kappa shape index (κ1) is 19.4. The minimum atomic E-state index is 0.0434. The van der Waals surface area contributed by atoms with Crippen LogP contribution in [-0.4, -0.2) is 0 Å². The molecule has 132 valence electrons. The van der Waals surface area contributed by atoms with E-state index in [4.69, 9.17) is 5.26 Å². The summed E-state index contributed by atoms with van der Waals surface area (Å²) >= 11 is 7.44. The molecule has 0 heterocycles. The van der Waals surface area contributed by atoms with E-state index in [1.165, 1.54) is 0 Å². The van der Waals surface area contributed by atoms with Crippen LogP contribution in [0, 0.1) is 11.3 Å². The molecule has 0 N–H and O–H groups in total. The van der Waals surface area contributed by atoms with Crippen molar-refractivity contribution in [2.75, 3.05) is 0 Å². The van der Waals surface area contributed by atoms with Crippen LogP contribution in [0.4, 0.5) is 0 Å². The van der Waals surface area contributed by atoms with Crippen LogP contribution in [0.2, 0.25) is 0 Å². The molecule has 0 aliphatic carbocycles. The third-order valence-electron chi connectivity index (χ3n) is 4.18. The Balaban J connectivity index is 2.02. The van der Waals surface area contributed by atoms with Gasteiger partial charge < -0.3 is 0 Å². The zero-order chi connectivity index (χ0) is 19.1. The molecule has 27 heavy (non-hydrogen) atoms. The first-order valence-corrected chi connectivity index (χ1v) is 10.1. The maximum absolute atomic E-state index is 9.07. The van der Waals surface area contributed by atoms with E-state index in [9.17, 15) is 0 Å². The van der Waals surface area contributed by atoms with Crippen molar-refractivity contribution < 1.29 is 0 Å². The smallest absolute Gasteiger partial charge is 0.0991 e. The lowest BCUT2D eigenvalue weighted by Gasteiger charge is -2.12. The Morgan fingerprint density at radius 3 is 1.56 bits per heavy atom. The van der Waals surface area contributed by atoms with Gasteiger partial charge in [0.1, 0.15) is 0 Å². The van der Waals surface area contributed by atoms with Crippen molar-refractivity contribution in [2.45, 2.75) is 5.92 Å². The van der Waals surface area contributed by atoms with Crippen LogP contribution in [0.5, 0.6) is 0 Å². The molecule has 0 aromatic heterocycles. The average Bonchev–Trinajstić information content (AvgIpc) is 2.74. The molecule has 0 saturated carbocycles. The van der Waals surface area contributed by atoms with Crippen LogP contribution < -0.4 is 0 Å². The lowest BCUT2D eigenvalue weighted by molar-refractivity contribution is 1.09. The number of benzene rings is 3. The number of nitrogens with zero attached hydrogens (tertiary/aromatic N) is 1. The Labute approximate surface area is 176 Å². The molecular weight excluding hydrogens is 462 g/mol. The first-order valence-electron chi connectivity index (χ1n) is 8.53. The van der Waals surface area contributed by atoms with Gasteiger partial charge in [-0.05, 0) is 28.8 Å². The molecule has 3 rings (SSSR count). The molecule has 0 saturated heterocycles. The number of nitriles is 1. The predicted molar refractivity (Wildman–Crippen MR) is 121 cm³/mol. The third kappa shape index (κ3) is 5.29. The minimum absolute atomic E-state index is 0.0434. The number of hydrogen-bond donors (Lipinski definition) is 0. The monoisotopic (exact) mass is 477 g/mol. The molecule has 3 heteroatoms. The van der Waals surface area contributed by atoms with Crippen LogP contribution in [-0.2, 0) is 0 Å². The van der Waals surface area contributed by atoms with Crippen molar-refractivity contribution in [1.29, 1.82) is 5.26 Å². The minimum Gasteiger partial charge on any atom is -0.192 e. The van der Waals surface area contributed by atoms with Crippen LogP contribution in [0.15, 0.2) is 97.1 Å². The Hall–Kier alpha value is -2.41. The van der Waals surface area contributed by atoms with Crippen LogP contribution in [0.25, 0.3) is 8.96 Å². The maximum atomic E-state index is 9.07. The number of allylic oxidation sites excluding steroid dienone is 2. The highest BCUT2D eigenvalue weighted by Crippen LogP contribution is 2.32. The van der Waals surface area contributed by atoms with Crippen molar-refractivity contribution in [2.24, 2.45) is 0 Å². The zero-order valence-electron chi connectivity index (χ0n) is 14.5. The van der Waals surface area contributed by atoms with E-state index < -0.39 is 0 Å². The lowest BCUT2D eigenvalue weighted by Crippen LogP contribution is -1.94. The molecule has 1 nitrogen and oxygen atoms in total. The molecule has 0 fully saturated rings. The van der Waals surface area contributed by atoms with Crippen LogP contribution in [0.3, 0.4) is 0 Å². The van der Waals surface area contributed by atoms with Gasteiger partial charge in [-0.2, -0.15) is 5.26 Å². The fraction of sp³-hybridized carbons (Fsp3) is 0.0417. The van der Waals surface area contributed by atoms with E-state index in [2.05, 4.69) is 74.3 Å². The number of halogens is 2. The molecule has 0 bridgehead atoms. The highest BCUT2D eigenvalue weighted by Gasteiger charge is 2.10. The van der Waals surface area contributed by atoms with Gasteiger partial charge in [0, 0.05) is 14.9 Å². The van der Waals surface area contributed by atoms with Gasteiger partial charge >= 0.3 is 0 Å². The Bertz CT molecular complexity index is 927. The second-order valence-electron chi connectivity index (χ2n) is 6.02. The van der Waals surface area contributed by atoms with Crippen molar-refractivity contribution in [3.8, 4) is 6.07 Å². The Morgan fingerprint density at radius 2 is 1.15 bits per heavy atom. The van der Waals surface area contributed by atoms with E-state index in [1.807, 2.05) is 60.7 Å². The summed E-state index contributed by atoms with van der Waals surface area (Å²) in [5.41, 5.74) is 4.03. The summed E-state index contributed by atoms with van der Waals surface area (Å²) in [5, 5.41) is 9.07. The molecular formula is C24H17Br2N. The molecule has 0 radical (unpaired) electrons. The predicted octanol–water partition coefficient (Wildman–Crippen LogP) is 7.51. The highest BCUT2D eigenvalue weighted by molar-refractivity contribution is 9.15. The second kappa shape index (κ2) is 9.50. The second-order valence-corrected chi connectivity index (χ2v) is 7.73. The van der Waals surface area contributed by atoms with Gasteiger partial charge in [-0.15, -0.1) is 0 Å². The Kier molecular flexibility index (Phi) is 6.81. The summed E-state index contributed by atoms with van der Waals surface area (Å²) in [4.78, 5) is 0. The summed E-state index contributed by atoms with van der Waals surface area (Å²) in [5.74, 6) is 0.0434. The quantitative estimate of drug-likeness (QED) is 0.372. The van der Waals surface area contributed by atoms with Gasteiger partial charge in [0.2, 0.25) is 0 Å². The fourth-order valence-corrected chi connectivity index (χ4v) is 3.82. The lowest BCUT2D eigenvalue weighted by atomic mass is 9.95. The van der Waals surface area contributed by atoms with Gasteiger partial charge in [-0.3, -0.25) is 0 Å². The number of hydrogen-bond acceptors (Lipinski definition) is 1. The molecule has 0 spiro atoms. The van der Waals surface area contributed by atoms with Crippen molar-refractivity contribution in [1.82, 2.24) is 0 Å². The molecule has 0 aliphatic rings. The van der Waals surface area contributed by atoms with Crippen molar-refractivity contribution >= 4 is 40.8 Å². The molecule has 1 atom stereocenters. The van der Waals surface area contributed by atoms with Crippen LogP contribution in [0.1, 0.15) is 28.2 Å². The average molecular weight is 479 g/mol. The molecule has 1 unspecified atom stereocenters. The van der Waals surface area contributed by atoms with Crippen molar-refractivity contribution in [3.63, 3.8) is 0 Å². The SMILES string of the molecule is N#Cc1ccc(C(/C=C(\Br)c2ccccc2)/C=C(/Br)c2ccccc2)cc1. The standard InChI is InChI=1S/C24H17Br2N/c25-23(20-7-3-1-4-8-20)15-22(19-13-11-18(17-27)12-14-19)16-24(26)21-9-5-2-6-10-21/h1-16,22H/b23-15-,24-16+. The molecule has 3 aromatic rings. The topological polar surface area (TPSA) is 23.8 Å². The fourth-order valence-electron chi connectivity index (χ4n) is 2.72.